The van der Waals surface area contributed by atoms with Gasteiger partial charge in [-0.3, -0.25) is 0 Å². The molecule has 20 heavy (non-hydrogen) atoms. The fraction of sp³-hybridized carbons (Fsp3) is 0.545. The number of nitrogens with one attached hydrogen (secondary N) is 1. The van der Waals surface area contributed by atoms with Crippen molar-refractivity contribution in [1.82, 2.24) is 10.3 Å². The lowest BCUT2D eigenvalue weighted by molar-refractivity contribution is -0.162. The highest BCUT2D eigenvalue weighted by atomic mass is 19.4. The fourth-order valence-electron chi connectivity index (χ4n) is 1.97. The lowest BCUT2D eigenvalue weighted by atomic mass is 10.1. The lowest BCUT2D eigenvalue weighted by Gasteiger charge is -2.29. The number of halogens is 6. The van der Waals surface area contributed by atoms with Crippen LogP contribution >= 0.6 is 0 Å². The molecule has 0 unspecified atom stereocenters. The molecule has 1 N–H and O–H groups in total. The first-order chi connectivity index (χ1) is 9.19. The topological polar surface area (TPSA) is 28.2 Å². The Bertz CT molecular complexity index is 476. The summed E-state index contributed by atoms with van der Waals surface area (Å²) in [6, 6.07) is 0.466. The highest BCUT2D eigenvalue weighted by Gasteiger charge is 2.43. The first kappa shape index (κ1) is 14.9. The number of anilines is 1. The van der Waals surface area contributed by atoms with Gasteiger partial charge in [-0.05, 0) is 6.07 Å². The summed E-state index contributed by atoms with van der Waals surface area (Å²) >= 11 is 0. The van der Waals surface area contributed by atoms with Crippen LogP contribution in [-0.2, 0) is 12.4 Å². The van der Waals surface area contributed by atoms with Crippen LogP contribution in [0.2, 0.25) is 0 Å². The quantitative estimate of drug-likeness (QED) is 0.808. The Morgan fingerprint density at radius 3 is 2.00 bits per heavy atom. The van der Waals surface area contributed by atoms with E-state index in [1.54, 1.807) is 0 Å². The van der Waals surface area contributed by atoms with E-state index in [2.05, 4.69) is 10.3 Å². The van der Waals surface area contributed by atoms with E-state index in [1.165, 1.54) is 4.90 Å². The molecule has 1 saturated heterocycles. The summed E-state index contributed by atoms with van der Waals surface area (Å²) in [5.74, 6) is -0.0909. The molecule has 2 heterocycles. The Kier molecular flexibility index (Phi) is 3.81. The number of hydrogen-bond acceptors (Lipinski definition) is 3. The zero-order valence-corrected chi connectivity index (χ0v) is 10.1. The van der Waals surface area contributed by atoms with Crippen LogP contribution in [0.3, 0.4) is 0 Å². The van der Waals surface area contributed by atoms with Gasteiger partial charge in [-0.15, -0.1) is 0 Å². The number of nitrogens with zero attached hydrogens (tertiary/aromatic N) is 2. The van der Waals surface area contributed by atoms with Crippen molar-refractivity contribution in [1.29, 1.82) is 0 Å². The zero-order chi connectivity index (χ0) is 15.0. The Morgan fingerprint density at radius 1 is 0.950 bits per heavy atom. The smallest absolute Gasteiger partial charge is 0.354 e. The van der Waals surface area contributed by atoms with Crippen molar-refractivity contribution in [2.24, 2.45) is 0 Å². The SMILES string of the molecule is FC(F)(F)c1cnc(N2CCNCC2)cc1C(F)(F)F. The summed E-state index contributed by atoms with van der Waals surface area (Å²) in [6.45, 7) is 1.89. The molecule has 0 amide bonds. The van der Waals surface area contributed by atoms with Crippen LogP contribution in [-0.4, -0.2) is 31.2 Å². The lowest BCUT2D eigenvalue weighted by Crippen LogP contribution is -2.44. The van der Waals surface area contributed by atoms with E-state index < -0.39 is 23.5 Å². The number of alkyl halides is 6. The second-order valence-electron chi connectivity index (χ2n) is 4.32. The fourth-order valence-corrected chi connectivity index (χ4v) is 1.97. The zero-order valence-electron chi connectivity index (χ0n) is 10.1. The largest absolute Gasteiger partial charge is 0.418 e. The summed E-state index contributed by atoms with van der Waals surface area (Å²) in [5, 5.41) is 2.99. The molecule has 1 aromatic rings. The molecular formula is C11H11F6N3. The highest BCUT2D eigenvalue weighted by Crippen LogP contribution is 2.41. The van der Waals surface area contributed by atoms with Gasteiger partial charge in [0, 0.05) is 32.4 Å². The average molecular weight is 299 g/mol. The van der Waals surface area contributed by atoms with E-state index in [4.69, 9.17) is 0 Å². The molecule has 9 heteroatoms. The first-order valence-corrected chi connectivity index (χ1v) is 5.79. The van der Waals surface area contributed by atoms with E-state index in [9.17, 15) is 26.3 Å². The summed E-state index contributed by atoms with van der Waals surface area (Å²) < 4.78 is 76.1. The minimum absolute atomic E-state index is 0.0909. The Labute approximate surface area is 110 Å². The van der Waals surface area contributed by atoms with Gasteiger partial charge in [0.1, 0.15) is 5.82 Å². The summed E-state index contributed by atoms with van der Waals surface area (Å²) in [4.78, 5) is 5.04. The Morgan fingerprint density at radius 2 is 1.50 bits per heavy atom. The van der Waals surface area contributed by atoms with E-state index in [0.29, 0.717) is 32.2 Å². The Balaban J connectivity index is 2.43. The van der Waals surface area contributed by atoms with Crippen LogP contribution in [0.1, 0.15) is 11.1 Å². The van der Waals surface area contributed by atoms with E-state index in [-0.39, 0.29) is 12.0 Å². The van der Waals surface area contributed by atoms with Crippen LogP contribution in [0.5, 0.6) is 0 Å². The molecule has 0 radical (unpaired) electrons. The molecule has 1 aliphatic heterocycles. The number of aromatic nitrogens is 1. The van der Waals surface area contributed by atoms with E-state index in [1.807, 2.05) is 0 Å². The third-order valence-electron chi connectivity index (χ3n) is 2.94. The molecule has 0 atom stereocenters. The van der Waals surface area contributed by atoms with Crippen molar-refractivity contribution in [2.45, 2.75) is 12.4 Å². The molecule has 3 nitrogen and oxygen atoms in total. The van der Waals surface area contributed by atoms with Crippen LogP contribution < -0.4 is 10.2 Å². The third kappa shape index (κ3) is 3.14. The minimum atomic E-state index is -5.08. The molecule has 1 aromatic heterocycles. The van der Waals surface area contributed by atoms with Crippen molar-refractivity contribution in [3.8, 4) is 0 Å². The molecule has 0 spiro atoms. The summed E-state index contributed by atoms with van der Waals surface area (Å²) in [7, 11) is 0. The minimum Gasteiger partial charge on any atom is -0.354 e. The maximum Gasteiger partial charge on any atom is 0.418 e. The Hall–Kier alpha value is -1.51. The van der Waals surface area contributed by atoms with Crippen LogP contribution in [0, 0.1) is 0 Å². The number of piperazine rings is 1. The van der Waals surface area contributed by atoms with Gasteiger partial charge in [-0.1, -0.05) is 0 Å². The molecule has 112 valence electrons. The number of hydrogen-bond donors (Lipinski definition) is 1. The van der Waals surface area contributed by atoms with E-state index >= 15 is 0 Å². The second kappa shape index (κ2) is 5.12. The maximum atomic E-state index is 12.8. The van der Waals surface area contributed by atoms with Gasteiger partial charge in [0.05, 0.1) is 11.1 Å². The number of rotatable bonds is 1. The monoisotopic (exact) mass is 299 g/mol. The maximum absolute atomic E-state index is 12.8. The molecule has 2 rings (SSSR count). The molecule has 0 aliphatic carbocycles. The molecule has 0 bridgehead atoms. The normalized spacial score (nSPS) is 17.4. The van der Waals surface area contributed by atoms with Gasteiger partial charge >= 0.3 is 12.4 Å². The van der Waals surface area contributed by atoms with Gasteiger partial charge < -0.3 is 10.2 Å². The van der Waals surface area contributed by atoms with Crippen molar-refractivity contribution in [3.05, 3.63) is 23.4 Å². The molecule has 1 aliphatic rings. The molecule has 0 saturated carbocycles. The van der Waals surface area contributed by atoms with Gasteiger partial charge in [-0.25, -0.2) is 4.98 Å². The standard InChI is InChI=1S/C11H11F6N3/c12-10(13,14)7-5-9(20-3-1-18-2-4-20)19-6-8(7)11(15,16)17/h5-6,18H,1-4H2. The van der Waals surface area contributed by atoms with Crippen molar-refractivity contribution in [2.75, 3.05) is 31.1 Å². The van der Waals surface area contributed by atoms with Gasteiger partial charge in [-0.2, -0.15) is 26.3 Å². The van der Waals surface area contributed by atoms with Gasteiger partial charge in [0.15, 0.2) is 0 Å². The van der Waals surface area contributed by atoms with E-state index in [0.717, 1.165) is 0 Å². The molecule has 0 aromatic carbocycles. The van der Waals surface area contributed by atoms with Crippen LogP contribution in [0.15, 0.2) is 12.3 Å². The second-order valence-corrected chi connectivity index (χ2v) is 4.32. The highest BCUT2D eigenvalue weighted by molar-refractivity contribution is 5.46. The third-order valence-corrected chi connectivity index (χ3v) is 2.94. The van der Waals surface area contributed by atoms with Crippen molar-refractivity contribution >= 4 is 5.82 Å². The van der Waals surface area contributed by atoms with Gasteiger partial charge in [0.2, 0.25) is 0 Å². The summed E-state index contributed by atoms with van der Waals surface area (Å²) in [5.41, 5.74) is -3.46. The predicted molar refractivity (Wildman–Crippen MR) is 59.3 cm³/mol. The van der Waals surface area contributed by atoms with Crippen LogP contribution in [0.25, 0.3) is 0 Å². The van der Waals surface area contributed by atoms with Crippen LogP contribution in [0.4, 0.5) is 32.2 Å². The summed E-state index contributed by atoms with van der Waals surface area (Å²) in [6.07, 6.45) is -9.91. The average Bonchev–Trinajstić information content (AvgIpc) is 2.37. The number of pyridine rings is 1. The first-order valence-electron chi connectivity index (χ1n) is 5.79. The predicted octanol–water partition coefficient (Wildman–Crippen LogP) is 2.53. The molecular weight excluding hydrogens is 288 g/mol. The molecule has 1 fully saturated rings. The van der Waals surface area contributed by atoms with Crippen molar-refractivity contribution in [3.63, 3.8) is 0 Å². The van der Waals surface area contributed by atoms with Gasteiger partial charge in [0.25, 0.3) is 0 Å². The van der Waals surface area contributed by atoms with Crippen molar-refractivity contribution < 1.29 is 26.3 Å².